The summed E-state index contributed by atoms with van der Waals surface area (Å²) in [5.41, 5.74) is 0. The fourth-order valence-electron chi connectivity index (χ4n) is 1.70. The molecule has 0 aliphatic heterocycles. The zero-order valence-electron chi connectivity index (χ0n) is 15.6. The predicted octanol–water partition coefficient (Wildman–Crippen LogP) is 2.77. The van der Waals surface area contributed by atoms with Crippen LogP contribution in [0.5, 0.6) is 0 Å². The van der Waals surface area contributed by atoms with Crippen LogP contribution in [0.3, 0.4) is 0 Å². The van der Waals surface area contributed by atoms with E-state index in [1.54, 1.807) is 0 Å². The molecule has 212 valence electrons. The van der Waals surface area contributed by atoms with E-state index in [0.717, 1.165) is 0 Å². The summed E-state index contributed by atoms with van der Waals surface area (Å²) in [7, 11) is -8.34. The van der Waals surface area contributed by atoms with E-state index in [1.165, 1.54) is 0 Å². The maximum atomic E-state index is 13.3. The first-order valence-corrected chi connectivity index (χ1v) is 8.33. The molecule has 3 nitrogen and oxygen atoms in total. The Morgan fingerprint density at radius 2 is 0.528 bits per heavy atom. The summed E-state index contributed by atoms with van der Waals surface area (Å²) in [6, 6.07) is 0. The molecular formula is C10F21KO3S. The van der Waals surface area contributed by atoms with Crippen LogP contribution < -0.4 is 51.4 Å². The minimum atomic E-state index is -9.40. The number of halogens is 21. The standard InChI is InChI=1S/C10HF21O3S.K/c11-1(12,3(15,16)5(19,20)7(23,24)9(27,28)29)2(13,14)4(17,18)6(21,22)8(25,26)10(30,31)35(32,33)34;/h(H,32,33,34);/q;+1/p-1. The Morgan fingerprint density at radius 3 is 0.694 bits per heavy atom. The van der Waals surface area contributed by atoms with Crippen LogP contribution in [0.1, 0.15) is 0 Å². The van der Waals surface area contributed by atoms with E-state index in [1.807, 2.05) is 0 Å². The fraction of sp³-hybridized carbons (Fsp3) is 1.00. The van der Waals surface area contributed by atoms with Gasteiger partial charge in [-0.2, -0.15) is 92.2 Å². The van der Waals surface area contributed by atoms with Crippen molar-refractivity contribution in [3.63, 3.8) is 0 Å². The van der Waals surface area contributed by atoms with Gasteiger partial charge in [0.25, 0.3) is 0 Å². The van der Waals surface area contributed by atoms with Crippen molar-refractivity contribution in [3.05, 3.63) is 0 Å². The Morgan fingerprint density at radius 1 is 0.361 bits per heavy atom. The minimum absolute atomic E-state index is 0. The van der Waals surface area contributed by atoms with Crippen LogP contribution in [0.2, 0.25) is 0 Å². The molecule has 0 aromatic rings. The SMILES string of the molecule is O=S(=O)([O-])C(F)(F)C(F)(F)C(F)(F)C(F)(F)C(F)(F)C(F)(F)C(F)(F)C(F)(F)C(F)(F)C(F)(F)F.[K+]. The quantitative estimate of drug-likeness (QED) is 0.222. The second-order valence-electron chi connectivity index (χ2n) is 6.06. The summed E-state index contributed by atoms with van der Waals surface area (Å²) >= 11 is 0. The van der Waals surface area contributed by atoms with Crippen molar-refractivity contribution in [2.24, 2.45) is 0 Å². The first-order valence-electron chi connectivity index (χ1n) is 6.92. The molecule has 0 aliphatic rings. The van der Waals surface area contributed by atoms with Crippen LogP contribution in [0.25, 0.3) is 0 Å². The molecule has 0 unspecified atom stereocenters. The molecule has 0 N–H and O–H groups in total. The maximum absolute atomic E-state index is 13.3. The molecule has 0 fully saturated rings. The van der Waals surface area contributed by atoms with E-state index in [0.29, 0.717) is 0 Å². The van der Waals surface area contributed by atoms with Crippen molar-refractivity contribution in [2.75, 3.05) is 0 Å². The van der Waals surface area contributed by atoms with E-state index in [2.05, 4.69) is 0 Å². The van der Waals surface area contributed by atoms with Gasteiger partial charge < -0.3 is 4.55 Å². The molecule has 0 aromatic heterocycles. The Balaban J connectivity index is 0. The Labute approximate surface area is 224 Å². The van der Waals surface area contributed by atoms with E-state index < -0.39 is 68.9 Å². The summed E-state index contributed by atoms with van der Waals surface area (Å²) in [5, 5.41) is -8.17. The zero-order chi connectivity index (χ0) is 29.5. The third-order valence-electron chi connectivity index (χ3n) is 3.80. The third kappa shape index (κ3) is 4.59. The van der Waals surface area contributed by atoms with Gasteiger partial charge in [-0.25, -0.2) is 8.42 Å². The molecule has 0 bridgehead atoms. The van der Waals surface area contributed by atoms with Gasteiger partial charge in [0.2, 0.25) is 0 Å². The van der Waals surface area contributed by atoms with Crippen LogP contribution >= 0.6 is 0 Å². The maximum Gasteiger partial charge on any atom is 1.00 e. The van der Waals surface area contributed by atoms with Crippen LogP contribution in [0.4, 0.5) is 92.2 Å². The first kappa shape index (κ1) is 38.2. The van der Waals surface area contributed by atoms with Crippen molar-refractivity contribution < 1.29 is 157 Å². The molecule has 0 amide bonds. The average molecular weight is 638 g/mol. The summed E-state index contributed by atoms with van der Waals surface area (Å²) in [4.78, 5) is 0. The van der Waals surface area contributed by atoms with Gasteiger partial charge in [0.1, 0.15) is 0 Å². The van der Waals surface area contributed by atoms with Gasteiger partial charge in [0, 0.05) is 0 Å². The predicted molar refractivity (Wildman–Crippen MR) is 60.3 cm³/mol. The molecule has 0 aromatic carbocycles. The van der Waals surface area contributed by atoms with Crippen molar-refractivity contribution in [2.45, 2.75) is 58.8 Å². The Kier molecular flexibility index (Phi) is 9.91. The molecule has 26 heteroatoms. The molecule has 0 atom stereocenters. The van der Waals surface area contributed by atoms with Gasteiger partial charge in [0.05, 0.1) is 0 Å². The molecule has 0 radical (unpaired) electrons. The second-order valence-corrected chi connectivity index (χ2v) is 7.48. The molecule has 0 spiro atoms. The van der Waals surface area contributed by atoms with Crippen LogP contribution in [0.15, 0.2) is 0 Å². The van der Waals surface area contributed by atoms with Gasteiger partial charge in [-0.1, -0.05) is 0 Å². The fourth-order valence-corrected chi connectivity index (χ4v) is 2.14. The molecular weight excluding hydrogens is 638 g/mol. The number of alkyl halides is 21. The summed E-state index contributed by atoms with van der Waals surface area (Å²) in [6.45, 7) is 0. The van der Waals surface area contributed by atoms with Crippen LogP contribution in [-0.2, 0) is 10.1 Å². The van der Waals surface area contributed by atoms with Crippen molar-refractivity contribution >= 4 is 10.1 Å². The smallest absolute Gasteiger partial charge is 0.743 e. The van der Waals surface area contributed by atoms with Crippen molar-refractivity contribution in [1.82, 2.24) is 0 Å². The summed E-state index contributed by atoms with van der Waals surface area (Å²) < 4.78 is 300. The molecule has 0 saturated heterocycles. The molecule has 0 aliphatic carbocycles. The average Bonchev–Trinajstić information content (AvgIpc) is 2.58. The number of hydrogen-bond acceptors (Lipinski definition) is 3. The summed E-state index contributed by atoms with van der Waals surface area (Å²) in [6.07, 6.45) is -8.09. The molecule has 0 rings (SSSR count). The van der Waals surface area contributed by atoms with E-state index in [-0.39, 0.29) is 51.4 Å². The van der Waals surface area contributed by atoms with Gasteiger partial charge in [0.15, 0.2) is 10.1 Å². The van der Waals surface area contributed by atoms with Crippen LogP contribution in [0, 0.1) is 0 Å². The minimum Gasteiger partial charge on any atom is -0.743 e. The molecule has 0 heterocycles. The number of rotatable bonds is 9. The van der Waals surface area contributed by atoms with Gasteiger partial charge in [-0.05, 0) is 0 Å². The topological polar surface area (TPSA) is 57.2 Å². The van der Waals surface area contributed by atoms with E-state index in [9.17, 15) is 105 Å². The largest absolute Gasteiger partial charge is 1.00 e. The monoisotopic (exact) mass is 638 g/mol. The first-order chi connectivity index (χ1) is 14.5. The van der Waals surface area contributed by atoms with E-state index >= 15 is 0 Å². The molecule has 36 heavy (non-hydrogen) atoms. The van der Waals surface area contributed by atoms with Gasteiger partial charge >= 0.3 is 110 Å². The van der Waals surface area contributed by atoms with Gasteiger partial charge in [-0.15, -0.1) is 0 Å². The second kappa shape index (κ2) is 9.33. The van der Waals surface area contributed by atoms with Crippen molar-refractivity contribution in [1.29, 1.82) is 0 Å². The Hall–Kier alpha value is 0.0764. The third-order valence-corrected chi connectivity index (χ3v) is 4.68. The summed E-state index contributed by atoms with van der Waals surface area (Å²) in [5.74, 6) is -72.8. The molecule has 0 saturated carbocycles. The number of hydrogen-bond donors (Lipinski definition) is 0. The van der Waals surface area contributed by atoms with Crippen molar-refractivity contribution in [3.8, 4) is 0 Å². The van der Waals surface area contributed by atoms with E-state index in [4.69, 9.17) is 0 Å². The Bertz CT molecular complexity index is 919. The van der Waals surface area contributed by atoms with Crippen LogP contribution in [-0.4, -0.2) is 71.8 Å². The van der Waals surface area contributed by atoms with Gasteiger partial charge in [-0.3, -0.25) is 0 Å². The normalized spacial score (nSPS) is 16.6. The zero-order valence-corrected chi connectivity index (χ0v) is 19.5.